The van der Waals surface area contributed by atoms with Gasteiger partial charge in [-0.2, -0.15) is 0 Å². The van der Waals surface area contributed by atoms with E-state index >= 15 is 0 Å². The van der Waals surface area contributed by atoms with E-state index in [-0.39, 0.29) is 0 Å². The Hall–Kier alpha value is -0.930. The number of hydrogen-bond acceptors (Lipinski definition) is 3. The molecule has 0 N–H and O–H groups in total. The van der Waals surface area contributed by atoms with E-state index < -0.39 is 0 Å². The number of hydrogen-bond donors (Lipinski definition) is 0. The van der Waals surface area contributed by atoms with E-state index in [1.54, 1.807) is 0 Å². The molecule has 0 aliphatic carbocycles. The van der Waals surface area contributed by atoms with Crippen molar-refractivity contribution in [2.75, 3.05) is 13.1 Å². The van der Waals surface area contributed by atoms with Crippen molar-refractivity contribution in [3.05, 3.63) is 29.6 Å². The first-order valence-electron chi connectivity index (χ1n) is 13.2. The summed E-state index contributed by atoms with van der Waals surface area (Å²) >= 11 is 0. The third-order valence-corrected chi connectivity index (χ3v) is 7.53. The lowest BCUT2D eigenvalue weighted by atomic mass is 9.87. The average Bonchev–Trinajstić information content (AvgIpc) is 3.54. The van der Waals surface area contributed by atoms with Gasteiger partial charge in [0.25, 0.3) is 0 Å². The van der Waals surface area contributed by atoms with Crippen LogP contribution in [0.5, 0.6) is 0 Å². The highest BCUT2D eigenvalue weighted by atomic mass is 15.3. The SMILES string of the molecule is CC(C)[C@H]1CN1[C@@H](CCC(C)(C)C)c1cccc([C@H](CCC(C)(C)C)N2C[C@@H]2C(C)C)n1. The Kier molecular flexibility index (Phi) is 7.82. The molecule has 0 aromatic carbocycles. The first kappa shape index (κ1) is 25.7. The molecular formula is C29H51N3. The molecule has 2 saturated heterocycles. The van der Waals surface area contributed by atoms with Gasteiger partial charge in [-0.3, -0.25) is 14.8 Å². The van der Waals surface area contributed by atoms with Crippen LogP contribution >= 0.6 is 0 Å². The Morgan fingerprint density at radius 3 is 1.41 bits per heavy atom. The van der Waals surface area contributed by atoms with Crippen molar-refractivity contribution in [3.63, 3.8) is 0 Å². The third-order valence-electron chi connectivity index (χ3n) is 7.53. The summed E-state index contributed by atoms with van der Waals surface area (Å²) in [7, 11) is 0. The highest BCUT2D eigenvalue weighted by Gasteiger charge is 2.44. The van der Waals surface area contributed by atoms with Crippen LogP contribution in [-0.2, 0) is 0 Å². The molecule has 6 atom stereocenters. The Balaban J connectivity index is 1.84. The molecule has 0 saturated carbocycles. The molecule has 3 nitrogen and oxygen atoms in total. The molecule has 32 heavy (non-hydrogen) atoms. The average molecular weight is 442 g/mol. The van der Waals surface area contributed by atoms with Crippen molar-refractivity contribution in [1.82, 2.24) is 14.8 Å². The minimum Gasteiger partial charge on any atom is -0.289 e. The molecule has 1 aromatic rings. The van der Waals surface area contributed by atoms with E-state index in [0.717, 1.165) is 23.9 Å². The molecule has 2 aliphatic heterocycles. The Morgan fingerprint density at radius 1 is 0.750 bits per heavy atom. The topological polar surface area (TPSA) is 18.9 Å². The Labute approximate surface area is 199 Å². The van der Waals surface area contributed by atoms with Crippen molar-refractivity contribution in [1.29, 1.82) is 0 Å². The normalized spacial score (nSPS) is 27.6. The van der Waals surface area contributed by atoms with Crippen LogP contribution in [0.25, 0.3) is 0 Å². The van der Waals surface area contributed by atoms with Crippen LogP contribution < -0.4 is 0 Å². The summed E-state index contributed by atoms with van der Waals surface area (Å²) in [5.41, 5.74) is 3.33. The molecule has 0 bridgehead atoms. The van der Waals surface area contributed by atoms with Crippen molar-refractivity contribution >= 4 is 0 Å². The minimum atomic E-state index is 0.360. The van der Waals surface area contributed by atoms with Crippen LogP contribution in [0.15, 0.2) is 18.2 Å². The van der Waals surface area contributed by atoms with Gasteiger partial charge in [-0.25, -0.2) is 0 Å². The zero-order chi connectivity index (χ0) is 23.8. The van der Waals surface area contributed by atoms with E-state index in [4.69, 9.17) is 4.98 Å². The Morgan fingerprint density at radius 2 is 1.12 bits per heavy atom. The predicted molar refractivity (Wildman–Crippen MR) is 138 cm³/mol. The quantitative estimate of drug-likeness (QED) is 0.350. The maximum atomic E-state index is 5.40. The third kappa shape index (κ3) is 7.03. The first-order chi connectivity index (χ1) is 14.8. The predicted octanol–water partition coefficient (Wildman–Crippen LogP) is 7.50. The summed E-state index contributed by atoms with van der Waals surface area (Å²) in [6.45, 7) is 26.1. The number of aromatic nitrogens is 1. The van der Waals surface area contributed by atoms with Crippen molar-refractivity contribution in [2.45, 2.75) is 119 Å². The van der Waals surface area contributed by atoms with Gasteiger partial charge in [0, 0.05) is 25.2 Å². The molecular weight excluding hydrogens is 390 g/mol. The fourth-order valence-electron chi connectivity index (χ4n) is 5.19. The lowest BCUT2D eigenvalue weighted by Crippen LogP contribution is -2.22. The smallest absolute Gasteiger partial charge is 0.0579 e. The number of nitrogens with zero attached hydrogens (tertiary/aromatic N) is 3. The second-order valence-corrected chi connectivity index (χ2v) is 13.7. The molecule has 3 heteroatoms. The summed E-state index contributed by atoms with van der Waals surface area (Å²) < 4.78 is 0. The highest BCUT2D eigenvalue weighted by Crippen LogP contribution is 2.43. The molecule has 1 aromatic heterocycles. The van der Waals surface area contributed by atoms with Gasteiger partial charge in [-0.05, 0) is 60.5 Å². The van der Waals surface area contributed by atoms with Gasteiger partial charge in [-0.1, -0.05) is 75.3 Å². The van der Waals surface area contributed by atoms with Gasteiger partial charge in [0.15, 0.2) is 0 Å². The molecule has 182 valence electrons. The largest absolute Gasteiger partial charge is 0.289 e. The highest BCUT2D eigenvalue weighted by molar-refractivity contribution is 5.21. The first-order valence-corrected chi connectivity index (χ1v) is 13.2. The fraction of sp³-hybridized carbons (Fsp3) is 0.828. The summed E-state index contributed by atoms with van der Waals surface area (Å²) in [5, 5.41) is 0. The van der Waals surface area contributed by atoms with Crippen LogP contribution in [0.2, 0.25) is 0 Å². The van der Waals surface area contributed by atoms with E-state index in [9.17, 15) is 0 Å². The second-order valence-electron chi connectivity index (χ2n) is 13.7. The monoisotopic (exact) mass is 441 g/mol. The van der Waals surface area contributed by atoms with Gasteiger partial charge < -0.3 is 0 Å². The molecule has 2 fully saturated rings. The van der Waals surface area contributed by atoms with E-state index in [2.05, 4.69) is 97.2 Å². The van der Waals surface area contributed by atoms with E-state index in [0.29, 0.717) is 22.9 Å². The molecule has 3 heterocycles. The number of pyridine rings is 1. The lowest BCUT2D eigenvalue weighted by Gasteiger charge is -2.27. The fourth-order valence-corrected chi connectivity index (χ4v) is 5.19. The molecule has 2 aliphatic rings. The van der Waals surface area contributed by atoms with Crippen LogP contribution in [0, 0.1) is 22.7 Å². The number of rotatable bonds is 10. The standard InChI is InChI=1S/C29H51N3/c1-20(2)26-18-31(26)24(14-16-28(5,6)7)22-12-11-13-23(30-22)25(15-17-29(8,9)10)32-19-27(32)21(3)4/h11-13,20-21,24-27H,14-19H2,1-10H3/t24-,25-,26+,27+,31?,32?/m0/s1. The maximum absolute atomic E-state index is 5.40. The maximum Gasteiger partial charge on any atom is 0.0579 e. The van der Waals surface area contributed by atoms with E-state index in [1.165, 1.54) is 50.2 Å². The van der Waals surface area contributed by atoms with Gasteiger partial charge in [0.05, 0.1) is 23.5 Å². The van der Waals surface area contributed by atoms with Gasteiger partial charge >= 0.3 is 0 Å². The molecule has 0 spiro atoms. The zero-order valence-electron chi connectivity index (χ0n) is 22.8. The van der Waals surface area contributed by atoms with Crippen molar-refractivity contribution < 1.29 is 0 Å². The zero-order valence-corrected chi connectivity index (χ0v) is 22.8. The molecule has 2 unspecified atom stereocenters. The summed E-state index contributed by atoms with van der Waals surface area (Å²) in [6, 6.07) is 9.25. The molecule has 3 rings (SSSR count). The van der Waals surface area contributed by atoms with Crippen molar-refractivity contribution in [2.24, 2.45) is 22.7 Å². The van der Waals surface area contributed by atoms with E-state index in [1.807, 2.05) is 0 Å². The molecule has 0 amide bonds. The second kappa shape index (κ2) is 9.74. The summed E-state index contributed by atoms with van der Waals surface area (Å²) in [5.74, 6) is 1.44. The van der Waals surface area contributed by atoms with Crippen molar-refractivity contribution in [3.8, 4) is 0 Å². The van der Waals surface area contributed by atoms with Crippen LogP contribution in [0.4, 0.5) is 0 Å². The van der Waals surface area contributed by atoms with Gasteiger partial charge in [0.1, 0.15) is 0 Å². The van der Waals surface area contributed by atoms with Gasteiger partial charge in [0.2, 0.25) is 0 Å². The van der Waals surface area contributed by atoms with Crippen LogP contribution in [-0.4, -0.2) is 40.0 Å². The summed E-state index contributed by atoms with van der Waals surface area (Å²) in [6.07, 6.45) is 4.88. The lowest BCUT2D eigenvalue weighted by molar-refractivity contribution is 0.262. The van der Waals surface area contributed by atoms with Gasteiger partial charge in [-0.15, -0.1) is 0 Å². The molecule has 0 radical (unpaired) electrons. The Bertz CT molecular complexity index is 680. The van der Waals surface area contributed by atoms with Crippen LogP contribution in [0.3, 0.4) is 0 Å². The minimum absolute atomic E-state index is 0.360. The van der Waals surface area contributed by atoms with Crippen LogP contribution in [0.1, 0.15) is 118 Å². The summed E-state index contributed by atoms with van der Waals surface area (Å²) in [4.78, 5) is 10.8.